The number of rotatable bonds is 7. The van der Waals surface area contributed by atoms with Crippen LogP contribution in [0.25, 0.3) is 16.7 Å². The molecule has 3 aromatic carbocycles. The Morgan fingerprint density at radius 1 is 1.20 bits per heavy atom. The topological polar surface area (TPSA) is 65.4 Å². The molecule has 0 spiro atoms. The van der Waals surface area contributed by atoms with Crippen molar-refractivity contribution in [3.8, 4) is 11.4 Å². The predicted molar refractivity (Wildman–Crippen MR) is 139 cm³/mol. The average Bonchev–Trinajstić information content (AvgIpc) is 3.43. The minimum atomic E-state index is -0.336. The third kappa shape index (κ3) is 4.46. The summed E-state index contributed by atoms with van der Waals surface area (Å²) in [6.07, 6.45) is 0.834. The van der Waals surface area contributed by atoms with Crippen molar-refractivity contribution < 1.29 is 14.3 Å². The molecule has 2 heterocycles. The van der Waals surface area contributed by atoms with E-state index in [1.165, 1.54) is 11.1 Å². The van der Waals surface area contributed by atoms with Crippen LogP contribution in [0, 0.1) is 6.92 Å². The molecule has 1 aliphatic rings. The van der Waals surface area contributed by atoms with Crippen LogP contribution in [-0.4, -0.2) is 22.1 Å². The van der Waals surface area contributed by atoms with Gasteiger partial charge >= 0.3 is 5.97 Å². The molecule has 0 fully saturated rings. The number of anilines is 1. The first kappa shape index (κ1) is 23.2. The molecule has 4 aromatic rings. The van der Waals surface area contributed by atoms with Crippen molar-refractivity contribution >= 4 is 34.3 Å². The molecule has 35 heavy (non-hydrogen) atoms. The first-order valence-corrected chi connectivity index (χ1v) is 12.3. The van der Waals surface area contributed by atoms with Crippen LogP contribution >= 0.6 is 11.6 Å². The zero-order valence-electron chi connectivity index (χ0n) is 20.1. The number of esters is 1. The van der Waals surface area contributed by atoms with E-state index < -0.39 is 0 Å². The number of fused-ring (bicyclic) bond motifs is 2. The maximum absolute atomic E-state index is 11.7. The van der Waals surface area contributed by atoms with E-state index in [0.717, 1.165) is 46.0 Å². The van der Waals surface area contributed by atoms with Crippen molar-refractivity contribution in [3.05, 3.63) is 82.1 Å². The molecule has 1 aromatic heterocycles. The molecule has 1 atom stereocenters. The van der Waals surface area contributed by atoms with Crippen LogP contribution in [0.5, 0.6) is 5.75 Å². The Balaban J connectivity index is 1.39. The van der Waals surface area contributed by atoms with Crippen LogP contribution in [-0.2, 0) is 22.5 Å². The minimum Gasteiger partial charge on any atom is -0.489 e. The molecular weight excluding hydrogens is 462 g/mol. The lowest BCUT2D eigenvalue weighted by Crippen LogP contribution is -2.11. The highest BCUT2D eigenvalue weighted by Gasteiger charge is 2.27. The molecule has 6 nitrogen and oxygen atoms in total. The Labute approximate surface area is 209 Å². The minimum absolute atomic E-state index is 0.219. The van der Waals surface area contributed by atoms with E-state index in [1.54, 1.807) is 6.92 Å². The zero-order chi connectivity index (χ0) is 24.5. The molecule has 0 radical (unpaired) electrons. The van der Waals surface area contributed by atoms with Gasteiger partial charge in [0.25, 0.3) is 0 Å². The van der Waals surface area contributed by atoms with Gasteiger partial charge in [0.05, 0.1) is 16.7 Å². The number of nitrogens with zero attached hydrogens (tertiary/aromatic N) is 2. The summed E-state index contributed by atoms with van der Waals surface area (Å²) in [5.74, 6) is 1.54. The first-order valence-electron chi connectivity index (χ1n) is 11.9. The number of halogens is 1. The van der Waals surface area contributed by atoms with Crippen molar-refractivity contribution in [1.82, 2.24) is 9.55 Å². The van der Waals surface area contributed by atoms with Gasteiger partial charge in [-0.15, -0.1) is 0 Å². The fourth-order valence-corrected chi connectivity index (χ4v) is 4.70. The van der Waals surface area contributed by atoms with Crippen LogP contribution in [0.2, 0.25) is 5.02 Å². The van der Waals surface area contributed by atoms with Crippen molar-refractivity contribution in [2.45, 2.75) is 46.3 Å². The summed E-state index contributed by atoms with van der Waals surface area (Å²) >= 11 is 6.31. The maximum Gasteiger partial charge on any atom is 0.306 e. The van der Waals surface area contributed by atoms with E-state index in [9.17, 15) is 4.79 Å². The number of aromatic nitrogens is 2. The first-order chi connectivity index (χ1) is 17.0. The van der Waals surface area contributed by atoms with Gasteiger partial charge in [-0.05, 0) is 54.4 Å². The van der Waals surface area contributed by atoms with Gasteiger partial charge in [-0.1, -0.05) is 37.6 Å². The van der Waals surface area contributed by atoms with Gasteiger partial charge in [0.2, 0.25) is 0 Å². The molecule has 1 N–H and O–H groups in total. The molecule has 0 unspecified atom stereocenters. The highest BCUT2D eigenvalue weighted by atomic mass is 35.5. The molecule has 0 saturated heterocycles. The molecule has 0 bridgehead atoms. The van der Waals surface area contributed by atoms with Crippen LogP contribution in [0.1, 0.15) is 48.9 Å². The Bertz CT molecular complexity index is 1410. The number of nitrogens with one attached hydrogen (secondary N) is 1. The van der Waals surface area contributed by atoms with Gasteiger partial charge < -0.3 is 14.8 Å². The number of benzene rings is 3. The van der Waals surface area contributed by atoms with Crippen molar-refractivity contribution in [2.75, 3.05) is 11.9 Å². The van der Waals surface area contributed by atoms with E-state index in [1.807, 2.05) is 36.4 Å². The predicted octanol–water partition coefficient (Wildman–Crippen LogP) is 6.55. The Kier molecular flexibility index (Phi) is 6.39. The highest BCUT2D eigenvalue weighted by Crippen LogP contribution is 2.37. The SMILES string of the molecule is CCC(=O)O[C@@H]1COc2cc(NCc3cccc(-n4c(CC)nc5ccc(Cl)cc54)c3C)ccc21. The van der Waals surface area contributed by atoms with Crippen molar-refractivity contribution in [3.63, 3.8) is 0 Å². The van der Waals surface area contributed by atoms with Gasteiger partial charge in [0.15, 0.2) is 6.10 Å². The quantitative estimate of drug-likeness (QED) is 0.298. The molecular formula is C28H28ClN3O3. The number of aryl methyl sites for hydroxylation is 1. The van der Waals surface area contributed by atoms with E-state index in [0.29, 0.717) is 24.6 Å². The Morgan fingerprint density at radius 3 is 2.86 bits per heavy atom. The van der Waals surface area contributed by atoms with Crippen LogP contribution < -0.4 is 10.1 Å². The zero-order valence-corrected chi connectivity index (χ0v) is 20.9. The second-order valence-electron chi connectivity index (χ2n) is 8.66. The van der Waals surface area contributed by atoms with E-state index in [-0.39, 0.29) is 12.1 Å². The monoisotopic (exact) mass is 489 g/mol. The van der Waals surface area contributed by atoms with Gasteiger partial charge in [0, 0.05) is 41.7 Å². The maximum atomic E-state index is 11.7. The summed E-state index contributed by atoms with van der Waals surface area (Å²) in [6.45, 7) is 7.05. The lowest BCUT2D eigenvalue weighted by molar-refractivity contribution is -0.149. The van der Waals surface area contributed by atoms with Crippen molar-refractivity contribution in [2.24, 2.45) is 0 Å². The fraction of sp³-hybridized carbons (Fsp3) is 0.286. The lowest BCUT2D eigenvalue weighted by Gasteiger charge is -2.16. The fourth-order valence-electron chi connectivity index (χ4n) is 4.54. The van der Waals surface area contributed by atoms with Gasteiger partial charge in [-0.2, -0.15) is 0 Å². The van der Waals surface area contributed by atoms with E-state index in [4.69, 9.17) is 26.1 Å². The molecule has 180 valence electrons. The second-order valence-corrected chi connectivity index (χ2v) is 9.10. The summed E-state index contributed by atoms with van der Waals surface area (Å²) in [6, 6.07) is 18.1. The summed E-state index contributed by atoms with van der Waals surface area (Å²) in [5.41, 5.74) is 7.27. The largest absolute Gasteiger partial charge is 0.489 e. The molecule has 0 aliphatic carbocycles. The van der Waals surface area contributed by atoms with E-state index in [2.05, 4.69) is 41.9 Å². The molecule has 7 heteroatoms. The number of imidazole rings is 1. The standard InChI is InChI=1S/C28H28ClN3O3/c1-4-27-31-22-12-9-19(29)13-24(22)32(27)23-8-6-7-18(17(23)3)15-30-20-10-11-21-25(14-20)34-16-26(21)35-28(33)5-2/h6-14,26,30H,4-5,15-16H2,1-3H3/t26-/m1/s1. The van der Waals surface area contributed by atoms with E-state index >= 15 is 0 Å². The average molecular weight is 490 g/mol. The number of carbonyl (C=O) groups is 1. The highest BCUT2D eigenvalue weighted by molar-refractivity contribution is 6.31. The van der Waals surface area contributed by atoms with Crippen LogP contribution in [0.3, 0.4) is 0 Å². The number of carbonyl (C=O) groups excluding carboxylic acids is 1. The normalized spacial score (nSPS) is 14.6. The third-order valence-electron chi connectivity index (χ3n) is 6.46. The van der Waals surface area contributed by atoms with Gasteiger partial charge in [-0.3, -0.25) is 9.36 Å². The summed E-state index contributed by atoms with van der Waals surface area (Å²) < 4.78 is 13.5. The van der Waals surface area contributed by atoms with Gasteiger partial charge in [0.1, 0.15) is 18.2 Å². The number of hydrogen-bond donors (Lipinski definition) is 1. The summed E-state index contributed by atoms with van der Waals surface area (Å²) in [5, 5.41) is 4.21. The Morgan fingerprint density at radius 2 is 2.06 bits per heavy atom. The molecule has 5 rings (SSSR count). The lowest BCUT2D eigenvalue weighted by atomic mass is 10.1. The third-order valence-corrected chi connectivity index (χ3v) is 6.69. The van der Waals surface area contributed by atoms with Crippen molar-refractivity contribution in [1.29, 1.82) is 0 Å². The molecule has 1 aliphatic heterocycles. The Hall–Kier alpha value is -3.51. The molecule has 0 amide bonds. The van der Waals surface area contributed by atoms with Crippen LogP contribution in [0.4, 0.5) is 5.69 Å². The summed E-state index contributed by atoms with van der Waals surface area (Å²) in [4.78, 5) is 16.5. The van der Waals surface area contributed by atoms with Gasteiger partial charge in [-0.25, -0.2) is 4.98 Å². The smallest absolute Gasteiger partial charge is 0.306 e. The number of ether oxygens (including phenoxy) is 2. The van der Waals surface area contributed by atoms with Crippen LogP contribution in [0.15, 0.2) is 54.6 Å². The number of hydrogen-bond acceptors (Lipinski definition) is 5. The molecule has 0 saturated carbocycles. The summed E-state index contributed by atoms with van der Waals surface area (Å²) in [7, 11) is 0. The second kappa shape index (κ2) is 9.62.